The van der Waals surface area contributed by atoms with E-state index in [0.29, 0.717) is 13.0 Å². The standard InChI is InChI=1S/C15H16F3N3OS/c1-10(21-14(22)20-9-13-19-6-7-23-13)8-11-2-4-12(5-3-11)15(16,17)18/h2-7,10H,8-9H2,1H3,(H2,20,21,22). The quantitative estimate of drug-likeness (QED) is 0.872. The third kappa shape index (κ3) is 5.55. The molecule has 2 aromatic rings. The lowest BCUT2D eigenvalue weighted by Crippen LogP contribution is -2.41. The zero-order valence-electron chi connectivity index (χ0n) is 12.4. The van der Waals surface area contributed by atoms with Crippen LogP contribution in [0.2, 0.25) is 0 Å². The number of thiazole rings is 1. The van der Waals surface area contributed by atoms with Crippen LogP contribution in [0.25, 0.3) is 0 Å². The summed E-state index contributed by atoms with van der Waals surface area (Å²) in [5, 5.41) is 8.04. The zero-order valence-corrected chi connectivity index (χ0v) is 13.2. The Morgan fingerprint density at radius 1 is 1.30 bits per heavy atom. The van der Waals surface area contributed by atoms with Crippen molar-refractivity contribution in [2.75, 3.05) is 0 Å². The number of aromatic nitrogens is 1. The van der Waals surface area contributed by atoms with Crippen LogP contribution < -0.4 is 10.6 Å². The molecule has 0 aliphatic carbocycles. The summed E-state index contributed by atoms with van der Waals surface area (Å²) in [6, 6.07) is 4.40. The first kappa shape index (κ1) is 17.3. The van der Waals surface area contributed by atoms with Crippen LogP contribution in [0.3, 0.4) is 0 Å². The molecular formula is C15H16F3N3OS. The van der Waals surface area contributed by atoms with Crippen molar-refractivity contribution in [1.82, 2.24) is 15.6 Å². The average Bonchev–Trinajstić information content (AvgIpc) is 2.98. The first-order valence-electron chi connectivity index (χ1n) is 6.93. The lowest BCUT2D eigenvalue weighted by molar-refractivity contribution is -0.137. The summed E-state index contributed by atoms with van der Waals surface area (Å²) in [6.07, 6.45) is -2.23. The molecule has 0 aliphatic heterocycles. The van der Waals surface area contributed by atoms with Gasteiger partial charge in [-0.2, -0.15) is 13.2 Å². The molecule has 0 saturated carbocycles. The lowest BCUT2D eigenvalue weighted by atomic mass is 10.1. The highest BCUT2D eigenvalue weighted by Gasteiger charge is 2.29. The van der Waals surface area contributed by atoms with E-state index in [9.17, 15) is 18.0 Å². The third-order valence-corrected chi connectivity index (χ3v) is 3.86. The minimum Gasteiger partial charge on any atom is -0.335 e. The predicted molar refractivity (Wildman–Crippen MR) is 82.1 cm³/mol. The number of carbonyl (C=O) groups excluding carboxylic acids is 1. The molecule has 0 saturated heterocycles. The van der Waals surface area contributed by atoms with Gasteiger partial charge in [0, 0.05) is 17.6 Å². The summed E-state index contributed by atoms with van der Waals surface area (Å²) in [6.45, 7) is 2.14. The van der Waals surface area contributed by atoms with Gasteiger partial charge in [-0.15, -0.1) is 11.3 Å². The highest BCUT2D eigenvalue weighted by atomic mass is 32.1. The monoisotopic (exact) mass is 343 g/mol. The first-order chi connectivity index (χ1) is 10.8. The predicted octanol–water partition coefficient (Wildman–Crippen LogP) is 3.59. The summed E-state index contributed by atoms with van der Waals surface area (Å²) in [7, 11) is 0. The molecule has 2 amide bonds. The second-order valence-electron chi connectivity index (χ2n) is 5.05. The van der Waals surface area contributed by atoms with Crippen molar-refractivity contribution in [1.29, 1.82) is 0 Å². The molecule has 23 heavy (non-hydrogen) atoms. The number of alkyl halides is 3. The number of carbonyl (C=O) groups is 1. The van der Waals surface area contributed by atoms with Gasteiger partial charge in [0.2, 0.25) is 0 Å². The largest absolute Gasteiger partial charge is 0.416 e. The summed E-state index contributed by atoms with van der Waals surface area (Å²) in [5.41, 5.74) is 0.0498. The van der Waals surface area contributed by atoms with Crippen LogP contribution in [0.5, 0.6) is 0 Å². The van der Waals surface area contributed by atoms with Crippen molar-refractivity contribution >= 4 is 17.4 Å². The molecule has 0 fully saturated rings. The van der Waals surface area contributed by atoms with Gasteiger partial charge in [-0.3, -0.25) is 0 Å². The van der Waals surface area contributed by atoms with Crippen LogP contribution in [-0.2, 0) is 19.1 Å². The highest BCUT2D eigenvalue weighted by Crippen LogP contribution is 2.29. The molecule has 1 unspecified atom stereocenters. The van der Waals surface area contributed by atoms with E-state index in [-0.39, 0.29) is 12.1 Å². The number of urea groups is 1. The maximum atomic E-state index is 12.5. The number of rotatable bonds is 5. The molecular weight excluding hydrogens is 327 g/mol. The molecule has 124 valence electrons. The highest BCUT2D eigenvalue weighted by molar-refractivity contribution is 7.09. The van der Waals surface area contributed by atoms with Gasteiger partial charge in [-0.1, -0.05) is 12.1 Å². The maximum Gasteiger partial charge on any atom is 0.416 e. The van der Waals surface area contributed by atoms with E-state index >= 15 is 0 Å². The Morgan fingerprint density at radius 3 is 2.57 bits per heavy atom. The molecule has 1 aromatic carbocycles. The van der Waals surface area contributed by atoms with Crippen LogP contribution in [0.15, 0.2) is 35.8 Å². The smallest absolute Gasteiger partial charge is 0.335 e. The van der Waals surface area contributed by atoms with Crippen molar-refractivity contribution in [2.24, 2.45) is 0 Å². The molecule has 1 atom stereocenters. The van der Waals surface area contributed by atoms with Gasteiger partial charge in [0.15, 0.2) is 0 Å². The fourth-order valence-corrected chi connectivity index (χ4v) is 2.56. The van der Waals surface area contributed by atoms with Crippen molar-refractivity contribution in [2.45, 2.75) is 32.1 Å². The van der Waals surface area contributed by atoms with Gasteiger partial charge in [-0.25, -0.2) is 9.78 Å². The van der Waals surface area contributed by atoms with Gasteiger partial charge in [0.05, 0.1) is 12.1 Å². The molecule has 2 N–H and O–H groups in total. The molecule has 2 rings (SSSR count). The number of nitrogens with one attached hydrogen (secondary N) is 2. The molecule has 0 bridgehead atoms. The summed E-state index contributed by atoms with van der Waals surface area (Å²) >= 11 is 1.44. The van der Waals surface area contributed by atoms with E-state index in [1.54, 1.807) is 13.1 Å². The van der Waals surface area contributed by atoms with E-state index in [2.05, 4.69) is 15.6 Å². The lowest BCUT2D eigenvalue weighted by Gasteiger charge is -2.15. The minimum atomic E-state index is -4.34. The second kappa shape index (κ2) is 7.45. The molecule has 1 heterocycles. The summed E-state index contributed by atoms with van der Waals surface area (Å²) in [5.74, 6) is 0. The second-order valence-corrected chi connectivity index (χ2v) is 6.03. The fourth-order valence-electron chi connectivity index (χ4n) is 2.01. The van der Waals surface area contributed by atoms with Gasteiger partial charge in [0.1, 0.15) is 5.01 Å². The first-order valence-corrected chi connectivity index (χ1v) is 7.81. The Hall–Kier alpha value is -2.09. The van der Waals surface area contributed by atoms with Crippen LogP contribution in [0, 0.1) is 0 Å². The molecule has 4 nitrogen and oxygen atoms in total. The van der Waals surface area contributed by atoms with Crippen molar-refractivity contribution < 1.29 is 18.0 Å². The third-order valence-electron chi connectivity index (χ3n) is 3.08. The van der Waals surface area contributed by atoms with E-state index in [1.807, 2.05) is 5.38 Å². The minimum absolute atomic E-state index is 0.206. The summed E-state index contributed by atoms with van der Waals surface area (Å²) < 4.78 is 37.5. The van der Waals surface area contributed by atoms with Gasteiger partial charge < -0.3 is 10.6 Å². The SMILES string of the molecule is CC(Cc1ccc(C(F)(F)F)cc1)NC(=O)NCc1nccs1. The topological polar surface area (TPSA) is 54.0 Å². The average molecular weight is 343 g/mol. The van der Waals surface area contributed by atoms with Crippen molar-refractivity contribution in [3.63, 3.8) is 0 Å². The Balaban J connectivity index is 1.79. The van der Waals surface area contributed by atoms with Gasteiger partial charge >= 0.3 is 12.2 Å². The van der Waals surface area contributed by atoms with Crippen LogP contribution in [-0.4, -0.2) is 17.1 Å². The Labute approximate surface area is 135 Å². The number of benzene rings is 1. The van der Waals surface area contributed by atoms with E-state index in [1.165, 1.54) is 23.5 Å². The zero-order chi connectivity index (χ0) is 16.9. The number of halogens is 3. The molecule has 8 heteroatoms. The molecule has 0 radical (unpaired) electrons. The van der Waals surface area contributed by atoms with Crippen LogP contribution in [0.1, 0.15) is 23.1 Å². The Kier molecular flexibility index (Phi) is 5.59. The normalized spacial score (nSPS) is 12.7. The van der Waals surface area contributed by atoms with E-state index in [4.69, 9.17) is 0 Å². The molecule has 1 aromatic heterocycles. The van der Waals surface area contributed by atoms with Crippen molar-refractivity contribution in [3.05, 3.63) is 52.0 Å². The Morgan fingerprint density at radius 2 is 2.00 bits per heavy atom. The van der Waals surface area contributed by atoms with Gasteiger partial charge in [0.25, 0.3) is 0 Å². The number of hydrogen-bond acceptors (Lipinski definition) is 3. The van der Waals surface area contributed by atoms with Crippen molar-refractivity contribution in [3.8, 4) is 0 Å². The van der Waals surface area contributed by atoms with E-state index < -0.39 is 11.7 Å². The van der Waals surface area contributed by atoms with Crippen LogP contribution in [0.4, 0.5) is 18.0 Å². The van der Waals surface area contributed by atoms with E-state index in [0.717, 1.165) is 22.7 Å². The van der Waals surface area contributed by atoms with Crippen LogP contribution >= 0.6 is 11.3 Å². The maximum absolute atomic E-state index is 12.5. The molecule has 0 spiro atoms. The number of nitrogens with zero attached hydrogens (tertiary/aromatic N) is 1. The number of amides is 2. The Bertz CT molecular complexity index is 626. The summed E-state index contributed by atoms with van der Waals surface area (Å²) in [4.78, 5) is 15.8. The van der Waals surface area contributed by atoms with Gasteiger partial charge in [-0.05, 0) is 31.0 Å². The fraction of sp³-hybridized carbons (Fsp3) is 0.333. The molecule has 0 aliphatic rings. The number of hydrogen-bond donors (Lipinski definition) is 2.